The average molecular weight is 562 g/mol. The van der Waals surface area contributed by atoms with Gasteiger partial charge in [-0.2, -0.15) is 0 Å². The maximum absolute atomic E-state index is 13.4. The molecule has 0 spiro atoms. The number of piperazine rings is 1. The topological polar surface area (TPSA) is 94.2 Å². The molecule has 1 saturated heterocycles. The van der Waals surface area contributed by atoms with Crippen LogP contribution in [-0.2, 0) is 11.3 Å². The first-order valence-corrected chi connectivity index (χ1v) is 13.6. The zero-order valence-electron chi connectivity index (χ0n) is 23.6. The molecule has 41 heavy (non-hydrogen) atoms. The van der Waals surface area contributed by atoms with Crippen molar-refractivity contribution in [3.63, 3.8) is 0 Å². The van der Waals surface area contributed by atoms with E-state index in [1.165, 1.54) is 17.0 Å². The van der Waals surface area contributed by atoms with Crippen LogP contribution < -0.4 is 20.3 Å². The Kier molecular flexibility index (Phi) is 9.78. The van der Waals surface area contributed by atoms with Crippen molar-refractivity contribution < 1.29 is 23.5 Å². The van der Waals surface area contributed by atoms with Crippen molar-refractivity contribution in [2.75, 3.05) is 50.1 Å². The summed E-state index contributed by atoms with van der Waals surface area (Å²) in [6.45, 7) is 6.51. The molecule has 0 aromatic heterocycles. The van der Waals surface area contributed by atoms with Gasteiger partial charge in [-0.05, 0) is 80.1 Å². The molecule has 9 nitrogen and oxygen atoms in total. The van der Waals surface area contributed by atoms with Crippen LogP contribution >= 0.6 is 0 Å². The summed E-state index contributed by atoms with van der Waals surface area (Å²) >= 11 is 0. The highest BCUT2D eigenvalue weighted by atomic mass is 19.1. The fourth-order valence-corrected chi connectivity index (χ4v) is 4.56. The third kappa shape index (κ3) is 8.20. The smallest absolute Gasteiger partial charge is 0.317 e. The highest BCUT2D eigenvalue weighted by Crippen LogP contribution is 2.20. The molecule has 4 rings (SSSR count). The Morgan fingerprint density at radius 2 is 1.54 bits per heavy atom. The molecule has 4 amide bonds. The van der Waals surface area contributed by atoms with Crippen LogP contribution in [0.4, 0.5) is 20.6 Å². The van der Waals surface area contributed by atoms with Gasteiger partial charge in [0.05, 0.1) is 7.11 Å². The summed E-state index contributed by atoms with van der Waals surface area (Å²) in [6, 6.07) is 20.1. The van der Waals surface area contributed by atoms with Gasteiger partial charge in [-0.1, -0.05) is 12.1 Å². The SMILES string of the molecule is COc1ccc(C(=O)N(CC(=O)Nc2ccc(N3CCN(C(=O)NC(C)C)CC3)cc2)Cc2ccc(F)cc2)cc1. The van der Waals surface area contributed by atoms with Gasteiger partial charge in [0.2, 0.25) is 5.91 Å². The standard InChI is InChI=1S/C31H36FN5O4/c1-22(2)33-31(40)36-18-16-35(17-19-36)27-12-10-26(11-13-27)34-29(38)21-37(20-23-4-8-25(32)9-5-23)30(39)24-6-14-28(41-3)15-7-24/h4-15,22H,16-21H2,1-3H3,(H,33,40)(H,34,38). The van der Waals surface area contributed by atoms with Crippen LogP contribution in [0.2, 0.25) is 0 Å². The van der Waals surface area contributed by atoms with Gasteiger partial charge in [0.25, 0.3) is 5.91 Å². The fraction of sp³-hybridized carbons (Fsp3) is 0.323. The summed E-state index contributed by atoms with van der Waals surface area (Å²) in [5.41, 5.74) is 2.71. The minimum absolute atomic E-state index is 0.0448. The maximum Gasteiger partial charge on any atom is 0.317 e. The van der Waals surface area contributed by atoms with Crippen molar-refractivity contribution in [3.8, 4) is 5.75 Å². The van der Waals surface area contributed by atoms with Crippen molar-refractivity contribution in [1.82, 2.24) is 15.1 Å². The molecule has 0 aliphatic carbocycles. The third-order valence-corrected chi connectivity index (χ3v) is 6.74. The molecule has 2 N–H and O–H groups in total. The van der Waals surface area contributed by atoms with Gasteiger partial charge in [0.15, 0.2) is 0 Å². The number of rotatable bonds is 9. The molecule has 0 unspecified atom stereocenters. The lowest BCUT2D eigenvalue weighted by Crippen LogP contribution is -2.52. The Morgan fingerprint density at radius 3 is 2.12 bits per heavy atom. The van der Waals surface area contributed by atoms with Crippen LogP contribution in [0.15, 0.2) is 72.8 Å². The summed E-state index contributed by atoms with van der Waals surface area (Å²) in [7, 11) is 1.54. The second-order valence-corrected chi connectivity index (χ2v) is 10.2. The lowest BCUT2D eigenvalue weighted by Gasteiger charge is -2.36. The Morgan fingerprint density at radius 1 is 0.902 bits per heavy atom. The zero-order valence-corrected chi connectivity index (χ0v) is 23.6. The largest absolute Gasteiger partial charge is 0.497 e. The number of nitrogens with zero attached hydrogens (tertiary/aromatic N) is 3. The second kappa shape index (κ2) is 13.6. The van der Waals surface area contributed by atoms with E-state index < -0.39 is 0 Å². The van der Waals surface area contributed by atoms with Crippen LogP contribution in [0.5, 0.6) is 5.75 Å². The number of ether oxygens (including phenoxy) is 1. The minimum atomic E-state index is -0.374. The molecular weight excluding hydrogens is 525 g/mol. The van der Waals surface area contributed by atoms with E-state index in [2.05, 4.69) is 15.5 Å². The molecule has 0 bridgehead atoms. The lowest BCUT2D eigenvalue weighted by atomic mass is 10.1. The first kappa shape index (κ1) is 29.4. The Balaban J connectivity index is 1.37. The summed E-state index contributed by atoms with van der Waals surface area (Å²) in [5, 5.41) is 5.80. The molecule has 1 aliphatic heterocycles. The molecule has 216 valence electrons. The number of halogens is 1. The van der Waals surface area contributed by atoms with E-state index in [9.17, 15) is 18.8 Å². The second-order valence-electron chi connectivity index (χ2n) is 10.2. The van der Waals surface area contributed by atoms with Gasteiger partial charge < -0.3 is 30.1 Å². The molecule has 3 aromatic carbocycles. The number of urea groups is 1. The van der Waals surface area contributed by atoms with E-state index >= 15 is 0 Å². The molecule has 1 heterocycles. The average Bonchev–Trinajstić information content (AvgIpc) is 2.97. The van der Waals surface area contributed by atoms with Gasteiger partial charge in [0.1, 0.15) is 18.1 Å². The first-order chi connectivity index (χ1) is 19.7. The van der Waals surface area contributed by atoms with Crippen LogP contribution in [0.3, 0.4) is 0 Å². The summed E-state index contributed by atoms with van der Waals surface area (Å²) in [4.78, 5) is 44.1. The molecule has 0 atom stereocenters. The van der Waals surface area contributed by atoms with Crippen LogP contribution in [0, 0.1) is 5.82 Å². The van der Waals surface area contributed by atoms with E-state index in [4.69, 9.17) is 4.74 Å². The number of hydrogen-bond donors (Lipinski definition) is 2. The quantitative estimate of drug-likeness (QED) is 0.405. The van der Waals surface area contributed by atoms with Crippen molar-refractivity contribution in [2.45, 2.75) is 26.4 Å². The van der Waals surface area contributed by atoms with Crippen molar-refractivity contribution in [2.24, 2.45) is 0 Å². The van der Waals surface area contributed by atoms with Gasteiger partial charge in [-0.25, -0.2) is 9.18 Å². The monoisotopic (exact) mass is 561 g/mol. The Labute approximate surface area is 239 Å². The van der Waals surface area contributed by atoms with E-state index in [1.807, 2.05) is 43.0 Å². The Bertz CT molecular complexity index is 1320. The minimum Gasteiger partial charge on any atom is -0.497 e. The number of amides is 4. The van der Waals surface area contributed by atoms with E-state index in [0.29, 0.717) is 48.7 Å². The van der Waals surface area contributed by atoms with Crippen LogP contribution in [-0.4, -0.2) is 73.5 Å². The summed E-state index contributed by atoms with van der Waals surface area (Å²) < 4.78 is 18.6. The predicted molar refractivity (Wildman–Crippen MR) is 157 cm³/mol. The van der Waals surface area contributed by atoms with Gasteiger partial charge >= 0.3 is 6.03 Å². The number of methoxy groups -OCH3 is 1. The molecule has 1 fully saturated rings. The van der Waals surface area contributed by atoms with Gasteiger partial charge in [-0.3, -0.25) is 9.59 Å². The zero-order chi connectivity index (χ0) is 29.4. The van der Waals surface area contributed by atoms with E-state index in [1.54, 1.807) is 43.5 Å². The first-order valence-electron chi connectivity index (χ1n) is 13.6. The van der Waals surface area contributed by atoms with Crippen LogP contribution in [0.25, 0.3) is 0 Å². The molecular formula is C31H36FN5O4. The lowest BCUT2D eigenvalue weighted by molar-refractivity contribution is -0.117. The number of anilines is 2. The van der Waals surface area contributed by atoms with Crippen molar-refractivity contribution >= 4 is 29.2 Å². The van der Waals surface area contributed by atoms with Crippen molar-refractivity contribution in [3.05, 3.63) is 89.7 Å². The maximum atomic E-state index is 13.4. The summed E-state index contributed by atoms with van der Waals surface area (Å²) in [5.74, 6) is -0.442. The van der Waals surface area contributed by atoms with Gasteiger partial charge in [-0.15, -0.1) is 0 Å². The summed E-state index contributed by atoms with van der Waals surface area (Å²) in [6.07, 6.45) is 0. The third-order valence-electron chi connectivity index (χ3n) is 6.74. The normalized spacial score (nSPS) is 13.1. The molecule has 0 radical (unpaired) electrons. The number of hydrogen-bond acceptors (Lipinski definition) is 5. The number of nitrogens with one attached hydrogen (secondary N) is 2. The molecule has 10 heteroatoms. The van der Waals surface area contributed by atoms with Crippen molar-refractivity contribution in [1.29, 1.82) is 0 Å². The number of carbonyl (C=O) groups excluding carboxylic acids is 3. The predicted octanol–water partition coefficient (Wildman–Crippen LogP) is 4.36. The number of benzene rings is 3. The van der Waals surface area contributed by atoms with E-state index in [0.717, 1.165) is 5.69 Å². The van der Waals surface area contributed by atoms with E-state index in [-0.39, 0.29) is 42.8 Å². The highest BCUT2D eigenvalue weighted by molar-refractivity contribution is 5.99. The van der Waals surface area contributed by atoms with Crippen LogP contribution in [0.1, 0.15) is 29.8 Å². The molecule has 1 aliphatic rings. The molecule has 0 saturated carbocycles. The number of carbonyl (C=O) groups is 3. The fourth-order valence-electron chi connectivity index (χ4n) is 4.56. The Hall–Kier alpha value is -4.60. The molecule has 3 aromatic rings. The van der Waals surface area contributed by atoms with Gasteiger partial charge in [0, 0.05) is 55.7 Å². The highest BCUT2D eigenvalue weighted by Gasteiger charge is 2.22.